The van der Waals surface area contributed by atoms with Crippen LogP contribution in [0.4, 0.5) is 0 Å². The van der Waals surface area contributed by atoms with E-state index in [1.807, 2.05) is 44.2 Å². The third kappa shape index (κ3) is 3.20. The maximum Gasteiger partial charge on any atom is 0.355 e. The number of carbonyl (C=O) groups excluding carboxylic acids is 1. The lowest BCUT2D eigenvalue weighted by molar-refractivity contribution is 0.0521. The van der Waals surface area contributed by atoms with Crippen LogP contribution in [0, 0.1) is 0 Å². The Bertz CT molecular complexity index is 587. The molecule has 0 saturated carbocycles. The predicted octanol–water partition coefficient (Wildman–Crippen LogP) is 3.65. The van der Waals surface area contributed by atoms with Gasteiger partial charge in [0.1, 0.15) is 11.4 Å². The fraction of sp³-hybridized carbons (Fsp3) is 0.312. The Kier molecular flexibility index (Phi) is 4.45. The van der Waals surface area contributed by atoms with Crippen molar-refractivity contribution in [3.8, 4) is 16.9 Å². The third-order valence-corrected chi connectivity index (χ3v) is 2.74. The van der Waals surface area contributed by atoms with E-state index in [0.717, 1.165) is 16.9 Å². The molecule has 0 aliphatic heterocycles. The zero-order valence-corrected chi connectivity index (χ0v) is 12.0. The molecule has 4 nitrogen and oxygen atoms in total. The van der Waals surface area contributed by atoms with Crippen molar-refractivity contribution >= 4 is 5.97 Å². The summed E-state index contributed by atoms with van der Waals surface area (Å²) in [7, 11) is 0. The summed E-state index contributed by atoms with van der Waals surface area (Å²) in [6, 6.07) is 9.54. The number of aromatic nitrogens is 1. The van der Waals surface area contributed by atoms with Crippen molar-refractivity contribution in [3.05, 3.63) is 42.2 Å². The van der Waals surface area contributed by atoms with Gasteiger partial charge in [-0.3, -0.25) is 0 Å². The Morgan fingerprint density at radius 1 is 1.30 bits per heavy atom. The number of hydrogen-bond acceptors (Lipinski definition) is 3. The molecule has 2 rings (SSSR count). The minimum Gasteiger partial charge on any atom is -0.491 e. The van der Waals surface area contributed by atoms with Gasteiger partial charge >= 0.3 is 5.97 Å². The predicted molar refractivity (Wildman–Crippen MR) is 77.9 cm³/mol. The van der Waals surface area contributed by atoms with Gasteiger partial charge in [0, 0.05) is 11.8 Å². The third-order valence-electron chi connectivity index (χ3n) is 2.74. The number of ether oxygens (including phenoxy) is 2. The number of aromatic amines is 1. The first-order chi connectivity index (χ1) is 9.61. The van der Waals surface area contributed by atoms with E-state index in [4.69, 9.17) is 9.47 Å². The van der Waals surface area contributed by atoms with Crippen molar-refractivity contribution < 1.29 is 14.3 Å². The van der Waals surface area contributed by atoms with Gasteiger partial charge in [-0.25, -0.2) is 4.79 Å². The number of benzene rings is 1. The Morgan fingerprint density at radius 2 is 2.10 bits per heavy atom. The molecule has 0 saturated heterocycles. The van der Waals surface area contributed by atoms with Crippen molar-refractivity contribution in [1.82, 2.24) is 4.98 Å². The number of rotatable bonds is 5. The Labute approximate surface area is 118 Å². The summed E-state index contributed by atoms with van der Waals surface area (Å²) in [5, 5.41) is 0. The van der Waals surface area contributed by atoms with Crippen molar-refractivity contribution in [2.75, 3.05) is 6.61 Å². The Balaban J connectivity index is 2.32. The van der Waals surface area contributed by atoms with Crippen LogP contribution in [-0.2, 0) is 4.74 Å². The summed E-state index contributed by atoms with van der Waals surface area (Å²) in [6.45, 7) is 6.10. The fourth-order valence-corrected chi connectivity index (χ4v) is 1.99. The van der Waals surface area contributed by atoms with E-state index in [-0.39, 0.29) is 12.1 Å². The number of carbonyl (C=O) groups is 1. The average molecular weight is 273 g/mol. The molecule has 0 amide bonds. The van der Waals surface area contributed by atoms with E-state index >= 15 is 0 Å². The largest absolute Gasteiger partial charge is 0.491 e. The molecule has 0 bridgehead atoms. The highest BCUT2D eigenvalue weighted by molar-refractivity contribution is 5.95. The van der Waals surface area contributed by atoms with E-state index in [0.29, 0.717) is 12.3 Å². The van der Waals surface area contributed by atoms with Crippen LogP contribution in [0.25, 0.3) is 11.1 Å². The van der Waals surface area contributed by atoms with Gasteiger partial charge in [-0.05, 0) is 44.5 Å². The summed E-state index contributed by atoms with van der Waals surface area (Å²) >= 11 is 0. The molecule has 2 aromatic rings. The van der Waals surface area contributed by atoms with Crippen LogP contribution >= 0.6 is 0 Å². The Morgan fingerprint density at radius 3 is 2.80 bits per heavy atom. The minimum absolute atomic E-state index is 0.112. The molecule has 4 heteroatoms. The van der Waals surface area contributed by atoms with Crippen LogP contribution in [0.1, 0.15) is 31.3 Å². The van der Waals surface area contributed by atoms with Gasteiger partial charge in [0.15, 0.2) is 0 Å². The zero-order valence-electron chi connectivity index (χ0n) is 12.0. The second kappa shape index (κ2) is 6.28. The summed E-state index contributed by atoms with van der Waals surface area (Å²) in [4.78, 5) is 14.8. The van der Waals surface area contributed by atoms with Gasteiger partial charge in [-0.2, -0.15) is 0 Å². The van der Waals surface area contributed by atoms with Crippen LogP contribution in [-0.4, -0.2) is 23.7 Å². The molecule has 1 aromatic heterocycles. The summed E-state index contributed by atoms with van der Waals surface area (Å²) in [6.07, 6.45) is 1.85. The van der Waals surface area contributed by atoms with Crippen LogP contribution in [0.5, 0.6) is 5.75 Å². The quantitative estimate of drug-likeness (QED) is 0.846. The Hall–Kier alpha value is -2.23. The highest BCUT2D eigenvalue weighted by atomic mass is 16.5. The molecule has 20 heavy (non-hydrogen) atoms. The summed E-state index contributed by atoms with van der Waals surface area (Å²) in [5.41, 5.74) is 2.21. The summed E-state index contributed by atoms with van der Waals surface area (Å²) < 4.78 is 10.7. The molecular weight excluding hydrogens is 254 g/mol. The van der Waals surface area contributed by atoms with Gasteiger partial charge < -0.3 is 14.5 Å². The number of esters is 1. The van der Waals surface area contributed by atoms with E-state index in [1.54, 1.807) is 13.1 Å². The molecule has 0 atom stereocenters. The lowest BCUT2D eigenvalue weighted by Crippen LogP contribution is -2.07. The molecule has 106 valence electrons. The van der Waals surface area contributed by atoms with Gasteiger partial charge in [0.2, 0.25) is 0 Å². The van der Waals surface area contributed by atoms with Crippen LogP contribution < -0.4 is 4.74 Å². The lowest BCUT2D eigenvalue weighted by atomic mass is 10.1. The SMILES string of the molecule is CCOC(=O)c1[nH]ccc1-c1cccc(OC(C)C)c1. The molecular formula is C16H19NO3. The highest BCUT2D eigenvalue weighted by Gasteiger charge is 2.15. The maximum absolute atomic E-state index is 11.9. The first kappa shape index (κ1) is 14.2. The number of nitrogens with one attached hydrogen (secondary N) is 1. The first-order valence-corrected chi connectivity index (χ1v) is 6.73. The van der Waals surface area contributed by atoms with Crippen LogP contribution in [0.15, 0.2) is 36.5 Å². The lowest BCUT2D eigenvalue weighted by Gasteiger charge is -2.11. The van der Waals surface area contributed by atoms with Crippen molar-refractivity contribution in [1.29, 1.82) is 0 Å². The van der Waals surface area contributed by atoms with Crippen LogP contribution in [0.3, 0.4) is 0 Å². The average Bonchev–Trinajstić information content (AvgIpc) is 2.87. The minimum atomic E-state index is -0.345. The first-order valence-electron chi connectivity index (χ1n) is 6.73. The number of H-pyrrole nitrogens is 1. The van der Waals surface area contributed by atoms with Gasteiger partial charge in [0.05, 0.1) is 12.7 Å². The highest BCUT2D eigenvalue weighted by Crippen LogP contribution is 2.27. The van der Waals surface area contributed by atoms with E-state index in [1.165, 1.54) is 0 Å². The molecule has 0 radical (unpaired) electrons. The molecule has 1 aromatic carbocycles. The molecule has 1 N–H and O–H groups in total. The van der Waals surface area contributed by atoms with Gasteiger partial charge in [-0.15, -0.1) is 0 Å². The summed E-state index contributed by atoms with van der Waals surface area (Å²) in [5.74, 6) is 0.441. The van der Waals surface area contributed by atoms with E-state index in [9.17, 15) is 4.79 Å². The van der Waals surface area contributed by atoms with E-state index < -0.39 is 0 Å². The normalized spacial score (nSPS) is 10.6. The smallest absolute Gasteiger partial charge is 0.355 e. The van der Waals surface area contributed by atoms with Crippen molar-refractivity contribution in [3.63, 3.8) is 0 Å². The van der Waals surface area contributed by atoms with Crippen molar-refractivity contribution in [2.24, 2.45) is 0 Å². The second-order valence-electron chi connectivity index (χ2n) is 4.68. The standard InChI is InChI=1S/C16H19NO3/c1-4-19-16(18)15-14(8-9-17-15)12-6-5-7-13(10-12)20-11(2)3/h5-11,17H,4H2,1-3H3. The fourth-order valence-electron chi connectivity index (χ4n) is 1.99. The zero-order chi connectivity index (χ0) is 14.5. The molecule has 0 fully saturated rings. The second-order valence-corrected chi connectivity index (χ2v) is 4.68. The number of hydrogen-bond donors (Lipinski definition) is 1. The molecule has 0 unspecified atom stereocenters. The van der Waals surface area contributed by atoms with E-state index in [2.05, 4.69) is 4.98 Å². The maximum atomic E-state index is 11.9. The topological polar surface area (TPSA) is 51.3 Å². The van der Waals surface area contributed by atoms with Gasteiger partial charge in [-0.1, -0.05) is 12.1 Å². The van der Waals surface area contributed by atoms with Gasteiger partial charge in [0.25, 0.3) is 0 Å². The van der Waals surface area contributed by atoms with Crippen LogP contribution in [0.2, 0.25) is 0 Å². The van der Waals surface area contributed by atoms with Crippen molar-refractivity contribution in [2.45, 2.75) is 26.9 Å². The molecule has 0 aliphatic carbocycles. The monoisotopic (exact) mass is 273 g/mol. The molecule has 0 aliphatic rings. The molecule has 1 heterocycles. The molecule has 0 spiro atoms.